The Labute approximate surface area is 185 Å². The van der Waals surface area contributed by atoms with E-state index in [2.05, 4.69) is 5.32 Å². The first-order valence-corrected chi connectivity index (χ1v) is 11.3. The molecular weight excluding hydrogens is 454 g/mol. The fraction of sp³-hybridized carbons (Fsp3) is 0.350. The molecule has 2 atom stereocenters. The van der Waals surface area contributed by atoms with Gasteiger partial charge in [0, 0.05) is 10.0 Å². The van der Waals surface area contributed by atoms with Crippen LogP contribution in [0.4, 0.5) is 10.1 Å². The first-order chi connectivity index (χ1) is 14.0. The van der Waals surface area contributed by atoms with Crippen molar-refractivity contribution < 1.29 is 22.7 Å². The molecular formula is C20H23Cl2FN2O4S. The molecule has 0 fully saturated rings. The van der Waals surface area contributed by atoms with Gasteiger partial charge in [0.2, 0.25) is 5.91 Å². The van der Waals surface area contributed by atoms with Gasteiger partial charge < -0.3 is 10.4 Å². The van der Waals surface area contributed by atoms with Gasteiger partial charge in [0.05, 0.1) is 23.2 Å². The van der Waals surface area contributed by atoms with Crippen molar-refractivity contribution in [1.82, 2.24) is 5.32 Å². The van der Waals surface area contributed by atoms with Crippen molar-refractivity contribution >= 4 is 44.8 Å². The van der Waals surface area contributed by atoms with Crippen molar-refractivity contribution in [3.8, 4) is 0 Å². The molecule has 164 valence electrons. The molecule has 0 heterocycles. The highest BCUT2D eigenvalue weighted by atomic mass is 35.5. The van der Waals surface area contributed by atoms with Crippen LogP contribution in [0, 0.1) is 11.7 Å². The Bertz CT molecular complexity index is 1000. The minimum atomic E-state index is -4.36. The highest BCUT2D eigenvalue weighted by Gasteiger charge is 2.36. The minimum absolute atomic E-state index is 0.102. The van der Waals surface area contributed by atoms with Crippen molar-refractivity contribution in [3.63, 3.8) is 0 Å². The Kier molecular flexibility index (Phi) is 8.10. The zero-order valence-electron chi connectivity index (χ0n) is 16.6. The Hall–Kier alpha value is -1.87. The summed E-state index contributed by atoms with van der Waals surface area (Å²) in [5.74, 6) is -1.66. The predicted octanol–water partition coefficient (Wildman–Crippen LogP) is 3.85. The second-order valence-corrected chi connectivity index (χ2v) is 9.76. The zero-order valence-corrected chi connectivity index (χ0v) is 19.0. The van der Waals surface area contributed by atoms with Gasteiger partial charge in [0.25, 0.3) is 10.0 Å². The van der Waals surface area contributed by atoms with Gasteiger partial charge in [-0.05, 0) is 55.3 Å². The topological polar surface area (TPSA) is 86.7 Å². The molecule has 10 heteroatoms. The molecule has 0 radical (unpaired) electrons. The fourth-order valence-electron chi connectivity index (χ4n) is 2.75. The van der Waals surface area contributed by atoms with Crippen LogP contribution in [0.5, 0.6) is 0 Å². The number of amides is 1. The van der Waals surface area contributed by atoms with Crippen molar-refractivity contribution in [2.75, 3.05) is 10.9 Å². The number of rotatable bonds is 8. The van der Waals surface area contributed by atoms with Crippen LogP contribution in [-0.4, -0.2) is 38.1 Å². The molecule has 2 aromatic carbocycles. The Morgan fingerprint density at radius 3 is 2.20 bits per heavy atom. The lowest BCUT2D eigenvalue weighted by atomic mass is 10.1. The molecule has 2 N–H and O–H groups in total. The van der Waals surface area contributed by atoms with Crippen molar-refractivity contribution in [2.24, 2.45) is 5.92 Å². The molecule has 0 saturated heterocycles. The quantitative estimate of drug-likeness (QED) is 0.605. The number of nitrogens with one attached hydrogen (secondary N) is 1. The number of benzene rings is 2. The molecule has 2 aromatic rings. The SMILES string of the molecule is CC(C)C(CO)NC(=O)[C@@H](C)N(c1cc(Cl)ccc1F)S(=O)(=O)c1ccc(Cl)cc1. The number of halogens is 3. The Balaban J connectivity index is 2.58. The van der Waals surface area contributed by atoms with Gasteiger partial charge in [-0.3, -0.25) is 9.10 Å². The summed E-state index contributed by atoms with van der Waals surface area (Å²) in [6, 6.07) is 6.80. The number of carbonyl (C=O) groups excluding carboxylic acids is 1. The number of carbonyl (C=O) groups is 1. The molecule has 0 aliphatic heterocycles. The van der Waals surface area contributed by atoms with Gasteiger partial charge in [-0.15, -0.1) is 0 Å². The molecule has 0 aliphatic rings. The van der Waals surface area contributed by atoms with Crippen LogP contribution in [0.25, 0.3) is 0 Å². The lowest BCUT2D eigenvalue weighted by molar-refractivity contribution is -0.123. The maximum absolute atomic E-state index is 14.7. The Morgan fingerprint density at radius 1 is 1.10 bits per heavy atom. The van der Waals surface area contributed by atoms with Gasteiger partial charge in [0.15, 0.2) is 0 Å². The first kappa shape index (κ1) is 24.4. The van der Waals surface area contributed by atoms with Crippen LogP contribution < -0.4 is 9.62 Å². The zero-order chi connectivity index (χ0) is 22.6. The lowest BCUT2D eigenvalue weighted by Gasteiger charge is -2.31. The Morgan fingerprint density at radius 2 is 1.67 bits per heavy atom. The third-order valence-electron chi connectivity index (χ3n) is 4.58. The summed E-state index contributed by atoms with van der Waals surface area (Å²) in [6.07, 6.45) is 0. The van der Waals surface area contributed by atoms with E-state index in [0.717, 1.165) is 12.1 Å². The van der Waals surface area contributed by atoms with E-state index in [4.69, 9.17) is 23.2 Å². The number of anilines is 1. The predicted molar refractivity (Wildman–Crippen MR) is 116 cm³/mol. The van der Waals surface area contributed by atoms with Gasteiger partial charge >= 0.3 is 0 Å². The third kappa shape index (κ3) is 5.43. The fourth-order valence-corrected chi connectivity index (χ4v) is 4.66. The van der Waals surface area contributed by atoms with E-state index in [1.807, 2.05) is 0 Å². The normalized spacial score (nSPS) is 13.7. The number of hydrogen-bond acceptors (Lipinski definition) is 4. The number of aliphatic hydroxyl groups is 1. The van der Waals surface area contributed by atoms with E-state index in [-0.39, 0.29) is 28.1 Å². The highest BCUT2D eigenvalue weighted by molar-refractivity contribution is 7.93. The molecule has 30 heavy (non-hydrogen) atoms. The molecule has 2 rings (SSSR count). The van der Waals surface area contributed by atoms with Crippen molar-refractivity contribution in [2.45, 2.75) is 37.8 Å². The molecule has 0 aromatic heterocycles. The molecule has 1 unspecified atom stereocenters. The summed E-state index contributed by atoms with van der Waals surface area (Å²) < 4.78 is 42.1. The average molecular weight is 477 g/mol. The van der Waals surface area contributed by atoms with Gasteiger partial charge in [-0.25, -0.2) is 12.8 Å². The van der Waals surface area contributed by atoms with E-state index in [1.165, 1.54) is 37.3 Å². The largest absolute Gasteiger partial charge is 0.394 e. The molecule has 0 spiro atoms. The monoisotopic (exact) mass is 476 g/mol. The molecule has 0 saturated carbocycles. The van der Waals surface area contributed by atoms with E-state index in [1.54, 1.807) is 13.8 Å². The number of aliphatic hydroxyl groups excluding tert-OH is 1. The van der Waals surface area contributed by atoms with E-state index >= 15 is 0 Å². The smallest absolute Gasteiger partial charge is 0.265 e. The van der Waals surface area contributed by atoms with Gasteiger partial charge in [0.1, 0.15) is 11.9 Å². The van der Waals surface area contributed by atoms with E-state index in [9.17, 15) is 22.7 Å². The highest BCUT2D eigenvalue weighted by Crippen LogP contribution is 2.31. The van der Waals surface area contributed by atoms with Crippen LogP contribution in [0.15, 0.2) is 47.4 Å². The number of sulfonamides is 1. The number of nitrogens with zero attached hydrogens (tertiary/aromatic N) is 1. The summed E-state index contributed by atoms with van der Waals surface area (Å²) in [7, 11) is -4.36. The van der Waals surface area contributed by atoms with Crippen molar-refractivity contribution in [3.05, 3.63) is 58.3 Å². The van der Waals surface area contributed by atoms with Crippen molar-refractivity contribution in [1.29, 1.82) is 0 Å². The molecule has 1 amide bonds. The maximum Gasteiger partial charge on any atom is 0.265 e. The van der Waals surface area contributed by atoms with Crippen LogP contribution in [0.2, 0.25) is 10.0 Å². The first-order valence-electron chi connectivity index (χ1n) is 9.15. The van der Waals surface area contributed by atoms with E-state index in [0.29, 0.717) is 9.33 Å². The van der Waals surface area contributed by atoms with Gasteiger partial charge in [-0.1, -0.05) is 37.0 Å². The van der Waals surface area contributed by atoms with Crippen LogP contribution >= 0.6 is 23.2 Å². The summed E-state index contributed by atoms with van der Waals surface area (Å²) >= 11 is 11.8. The third-order valence-corrected chi connectivity index (χ3v) is 6.96. The summed E-state index contributed by atoms with van der Waals surface area (Å²) in [6.45, 7) is 4.60. The standard InChI is InChI=1S/C20H23Cl2FN2O4S/c1-12(2)18(11-26)24-20(27)13(3)25(19-10-15(22)6-9-17(19)23)30(28,29)16-7-4-14(21)5-8-16/h4-10,12-13,18,26H,11H2,1-3H3,(H,24,27)/t13-,18?/m1/s1. The summed E-state index contributed by atoms with van der Waals surface area (Å²) in [5.41, 5.74) is -0.370. The second-order valence-electron chi connectivity index (χ2n) is 7.07. The molecule has 6 nitrogen and oxygen atoms in total. The lowest BCUT2D eigenvalue weighted by Crippen LogP contribution is -2.52. The van der Waals surface area contributed by atoms with Crippen LogP contribution in [0.1, 0.15) is 20.8 Å². The van der Waals surface area contributed by atoms with Crippen LogP contribution in [0.3, 0.4) is 0 Å². The maximum atomic E-state index is 14.7. The molecule has 0 aliphatic carbocycles. The van der Waals surface area contributed by atoms with Gasteiger partial charge in [-0.2, -0.15) is 0 Å². The van der Waals surface area contributed by atoms with Crippen LogP contribution in [-0.2, 0) is 14.8 Å². The molecule has 0 bridgehead atoms. The average Bonchev–Trinajstić information content (AvgIpc) is 2.68. The summed E-state index contributed by atoms with van der Waals surface area (Å²) in [4.78, 5) is 12.7. The number of hydrogen-bond donors (Lipinski definition) is 2. The summed E-state index contributed by atoms with van der Waals surface area (Å²) in [5, 5.41) is 12.5. The minimum Gasteiger partial charge on any atom is -0.394 e. The van der Waals surface area contributed by atoms with E-state index < -0.39 is 33.8 Å². The second kappa shape index (κ2) is 9.96.